The van der Waals surface area contributed by atoms with Gasteiger partial charge in [0, 0.05) is 35.1 Å². The number of piperidine rings is 2. The van der Waals surface area contributed by atoms with Gasteiger partial charge in [0.2, 0.25) is 12.7 Å². The van der Waals surface area contributed by atoms with Gasteiger partial charge < -0.3 is 23.8 Å². The first-order chi connectivity index (χ1) is 19.7. The zero-order chi connectivity index (χ0) is 28.8. The maximum Gasteiger partial charge on any atom is 0.231 e. The van der Waals surface area contributed by atoms with Gasteiger partial charge in [0.15, 0.2) is 11.5 Å². The molecule has 41 heavy (non-hydrogen) atoms. The molecule has 7 heteroatoms. The normalized spacial score (nSPS) is 22.6. The highest BCUT2D eigenvalue weighted by Crippen LogP contribution is 2.54. The highest BCUT2D eigenvalue weighted by molar-refractivity contribution is 5.83. The Bertz CT molecular complexity index is 1320. The van der Waals surface area contributed by atoms with Crippen molar-refractivity contribution in [2.24, 2.45) is 11.3 Å². The van der Waals surface area contributed by atoms with Gasteiger partial charge in [-0.25, -0.2) is 0 Å². The van der Waals surface area contributed by atoms with Gasteiger partial charge in [0.25, 0.3) is 0 Å². The molecule has 220 valence electrons. The van der Waals surface area contributed by atoms with Crippen molar-refractivity contribution in [3.05, 3.63) is 58.8 Å². The third-order valence-corrected chi connectivity index (χ3v) is 9.74. The largest absolute Gasteiger partial charge is 0.497 e. The Morgan fingerprint density at radius 1 is 0.976 bits per heavy atom. The van der Waals surface area contributed by atoms with E-state index in [9.17, 15) is 4.79 Å². The average molecular weight is 561 g/mol. The van der Waals surface area contributed by atoms with E-state index in [0.717, 1.165) is 86.7 Å². The highest BCUT2D eigenvalue weighted by atomic mass is 16.7. The molecule has 0 radical (unpaired) electrons. The van der Waals surface area contributed by atoms with Crippen molar-refractivity contribution < 1.29 is 23.7 Å². The second-order valence-corrected chi connectivity index (χ2v) is 12.9. The lowest BCUT2D eigenvalue weighted by Gasteiger charge is -2.52. The number of likely N-dealkylation sites (tertiary alicyclic amines) is 1. The zero-order valence-corrected chi connectivity index (χ0v) is 25.3. The SMILES string of the molecule is CCCCC1CC2(CCN(Cc3cc(OC)cc(OC)c3)CC2)C2=CC(C)(C)c3cc4c(cc3CN2C1=O)OCO4. The highest BCUT2D eigenvalue weighted by Gasteiger charge is 2.50. The standard InChI is InChI=1S/C34H44N2O5/c1-6-7-8-24-18-34(9-11-35(12-10-34)20-23-13-26(38-4)16-27(14-23)39-5)31-19-33(2,3)28-17-30-29(40-22-41-30)15-25(28)21-36(31)32(24)37/h13-17,19,24H,6-12,18,20-22H2,1-5H3. The van der Waals surface area contributed by atoms with Crippen LogP contribution >= 0.6 is 0 Å². The van der Waals surface area contributed by atoms with Gasteiger partial charge in [0.05, 0.1) is 20.8 Å². The van der Waals surface area contributed by atoms with Crippen LogP contribution in [0.25, 0.3) is 0 Å². The number of amides is 1. The Kier molecular flexibility index (Phi) is 7.43. The number of ether oxygens (including phenoxy) is 4. The molecule has 4 heterocycles. The Balaban J connectivity index is 1.31. The number of hydrogen-bond acceptors (Lipinski definition) is 6. The van der Waals surface area contributed by atoms with E-state index in [-0.39, 0.29) is 23.5 Å². The number of carbonyl (C=O) groups is 1. The maximum absolute atomic E-state index is 14.1. The zero-order valence-electron chi connectivity index (χ0n) is 25.3. The monoisotopic (exact) mass is 560 g/mol. The predicted octanol–water partition coefficient (Wildman–Crippen LogP) is 6.43. The smallest absolute Gasteiger partial charge is 0.231 e. The molecule has 0 saturated carbocycles. The molecule has 2 aromatic rings. The molecule has 0 aliphatic carbocycles. The molecule has 0 bridgehead atoms. The lowest BCUT2D eigenvalue weighted by molar-refractivity contribution is -0.141. The Morgan fingerprint density at radius 2 is 1.66 bits per heavy atom. The van der Waals surface area contributed by atoms with Crippen molar-refractivity contribution in [1.82, 2.24) is 9.80 Å². The molecule has 6 rings (SSSR count). The van der Waals surface area contributed by atoms with Gasteiger partial charge in [0.1, 0.15) is 11.5 Å². The summed E-state index contributed by atoms with van der Waals surface area (Å²) in [5.74, 6) is 3.59. The van der Waals surface area contributed by atoms with E-state index in [0.29, 0.717) is 12.5 Å². The van der Waals surface area contributed by atoms with E-state index in [2.05, 4.69) is 60.9 Å². The van der Waals surface area contributed by atoms with Gasteiger partial charge in [-0.1, -0.05) is 39.7 Å². The van der Waals surface area contributed by atoms with E-state index in [1.807, 2.05) is 6.07 Å². The topological polar surface area (TPSA) is 60.5 Å². The molecule has 4 aliphatic heterocycles. The van der Waals surface area contributed by atoms with Gasteiger partial charge in [-0.2, -0.15) is 0 Å². The van der Waals surface area contributed by atoms with Crippen molar-refractivity contribution in [3.63, 3.8) is 0 Å². The molecule has 7 nitrogen and oxygen atoms in total. The molecule has 1 unspecified atom stereocenters. The molecule has 1 amide bonds. The number of carbonyl (C=O) groups excluding carboxylic acids is 1. The van der Waals surface area contributed by atoms with Crippen LogP contribution in [0.3, 0.4) is 0 Å². The number of fused-ring (bicyclic) bond motifs is 4. The van der Waals surface area contributed by atoms with Crippen LogP contribution in [-0.2, 0) is 23.3 Å². The van der Waals surface area contributed by atoms with Crippen molar-refractivity contribution in [1.29, 1.82) is 0 Å². The molecule has 2 saturated heterocycles. The molecule has 0 N–H and O–H groups in total. The van der Waals surface area contributed by atoms with Crippen LogP contribution in [0.2, 0.25) is 0 Å². The summed E-state index contributed by atoms with van der Waals surface area (Å²) in [5.41, 5.74) is 4.57. The first kappa shape index (κ1) is 28.0. The molecular weight excluding hydrogens is 516 g/mol. The second-order valence-electron chi connectivity index (χ2n) is 12.9. The molecule has 4 aliphatic rings. The number of benzene rings is 2. The summed E-state index contributed by atoms with van der Waals surface area (Å²) in [6.07, 6.45) is 8.61. The quantitative estimate of drug-likeness (QED) is 0.389. The summed E-state index contributed by atoms with van der Waals surface area (Å²) < 4.78 is 22.5. The van der Waals surface area contributed by atoms with Gasteiger partial charge in [-0.15, -0.1) is 0 Å². The number of rotatable bonds is 7. The summed E-state index contributed by atoms with van der Waals surface area (Å²) in [6.45, 7) is 10.4. The van der Waals surface area contributed by atoms with Crippen molar-refractivity contribution in [3.8, 4) is 23.0 Å². The minimum absolute atomic E-state index is 0.00999. The average Bonchev–Trinajstić information content (AvgIpc) is 3.39. The molecule has 2 aromatic carbocycles. The summed E-state index contributed by atoms with van der Waals surface area (Å²) in [4.78, 5) is 18.8. The van der Waals surface area contributed by atoms with Crippen LogP contribution < -0.4 is 18.9 Å². The van der Waals surface area contributed by atoms with Crippen molar-refractivity contribution >= 4 is 5.91 Å². The van der Waals surface area contributed by atoms with Crippen molar-refractivity contribution in [2.45, 2.75) is 77.8 Å². The molecule has 0 aromatic heterocycles. The Labute approximate surface area is 244 Å². The van der Waals surface area contributed by atoms with Crippen LogP contribution in [0.15, 0.2) is 42.1 Å². The van der Waals surface area contributed by atoms with Gasteiger partial charge in [-0.05, 0) is 79.7 Å². The summed E-state index contributed by atoms with van der Waals surface area (Å²) in [6, 6.07) is 10.4. The van der Waals surface area contributed by atoms with Crippen LogP contribution in [-0.4, -0.2) is 49.8 Å². The van der Waals surface area contributed by atoms with Gasteiger partial charge in [-0.3, -0.25) is 9.69 Å². The Morgan fingerprint density at radius 3 is 2.32 bits per heavy atom. The Hall–Kier alpha value is -3.19. The van der Waals surface area contributed by atoms with E-state index < -0.39 is 0 Å². The lowest BCUT2D eigenvalue weighted by Crippen LogP contribution is -2.52. The summed E-state index contributed by atoms with van der Waals surface area (Å²) in [7, 11) is 3.39. The van der Waals surface area contributed by atoms with Gasteiger partial charge >= 0.3 is 0 Å². The van der Waals surface area contributed by atoms with E-state index in [1.165, 1.54) is 16.8 Å². The summed E-state index contributed by atoms with van der Waals surface area (Å²) >= 11 is 0. The van der Waals surface area contributed by atoms with Crippen LogP contribution in [0.1, 0.15) is 76.0 Å². The van der Waals surface area contributed by atoms with Crippen LogP contribution in [0.4, 0.5) is 0 Å². The molecule has 1 atom stereocenters. The minimum atomic E-state index is -0.238. The third-order valence-electron chi connectivity index (χ3n) is 9.74. The second kappa shape index (κ2) is 10.9. The number of nitrogens with zero attached hydrogens (tertiary/aromatic N) is 2. The molecule has 1 spiro atoms. The number of hydrogen-bond donors (Lipinski definition) is 0. The van der Waals surface area contributed by atoms with E-state index in [1.54, 1.807) is 14.2 Å². The number of methoxy groups -OCH3 is 2. The predicted molar refractivity (Wildman–Crippen MR) is 158 cm³/mol. The first-order valence-electron chi connectivity index (χ1n) is 15.2. The fourth-order valence-electron chi connectivity index (χ4n) is 7.48. The summed E-state index contributed by atoms with van der Waals surface area (Å²) in [5, 5.41) is 0. The minimum Gasteiger partial charge on any atom is -0.497 e. The lowest BCUT2D eigenvalue weighted by atomic mass is 9.64. The van der Waals surface area contributed by atoms with E-state index >= 15 is 0 Å². The first-order valence-corrected chi connectivity index (χ1v) is 15.2. The third kappa shape index (κ3) is 5.18. The van der Waals surface area contributed by atoms with Crippen LogP contribution in [0, 0.1) is 11.3 Å². The van der Waals surface area contributed by atoms with E-state index in [4.69, 9.17) is 18.9 Å². The molecular formula is C34H44N2O5. The number of allylic oxidation sites excluding steroid dienone is 2. The fraction of sp³-hybridized carbons (Fsp3) is 0.559. The number of unbranched alkanes of at least 4 members (excludes halogenated alkanes) is 1. The van der Waals surface area contributed by atoms with Crippen molar-refractivity contribution in [2.75, 3.05) is 34.1 Å². The molecule has 2 fully saturated rings. The maximum atomic E-state index is 14.1. The van der Waals surface area contributed by atoms with Crippen LogP contribution in [0.5, 0.6) is 23.0 Å². The fourth-order valence-corrected chi connectivity index (χ4v) is 7.48.